The quantitative estimate of drug-likeness (QED) is 0.210. The number of hydrogen-bond donors (Lipinski definition) is 0. The number of imide groups is 1. The number of aryl methyl sites for hydroxylation is 1. The van der Waals surface area contributed by atoms with Gasteiger partial charge in [-0.3, -0.25) is 14.4 Å². The van der Waals surface area contributed by atoms with Gasteiger partial charge in [0.25, 0.3) is 5.91 Å². The Morgan fingerprint density at radius 2 is 1.37 bits per heavy atom. The zero-order valence-corrected chi connectivity index (χ0v) is 20.6. The topological polar surface area (TPSA) is 76.2 Å². The number of carbonyl (C=O) groups is 3. The van der Waals surface area contributed by atoms with Gasteiger partial charge in [-0.2, -0.15) is 0 Å². The molecule has 4 aromatic carbocycles. The number of rotatable bonds is 5. The van der Waals surface area contributed by atoms with Gasteiger partial charge >= 0.3 is 5.97 Å². The van der Waals surface area contributed by atoms with Crippen molar-refractivity contribution in [3.8, 4) is 5.75 Å². The van der Waals surface area contributed by atoms with Crippen molar-refractivity contribution in [2.24, 2.45) is 5.92 Å². The average molecular weight is 505 g/mol. The minimum atomic E-state index is -0.954. The van der Waals surface area contributed by atoms with E-state index in [1.165, 1.54) is 4.90 Å². The predicted octanol–water partition coefficient (Wildman–Crippen LogP) is 5.27. The van der Waals surface area contributed by atoms with E-state index in [0.717, 1.165) is 16.8 Å². The molecule has 3 atom stereocenters. The average Bonchev–Trinajstić information content (AvgIpc) is 3.46. The Morgan fingerprint density at radius 1 is 0.737 bits per heavy atom. The van der Waals surface area contributed by atoms with Crippen molar-refractivity contribution in [1.29, 1.82) is 0 Å². The molecule has 0 bridgehead atoms. The van der Waals surface area contributed by atoms with Crippen molar-refractivity contribution < 1.29 is 24.0 Å². The molecule has 188 valence electrons. The summed E-state index contributed by atoms with van der Waals surface area (Å²) in [5, 5.41) is 1.64. The van der Waals surface area contributed by atoms with Crippen LogP contribution in [0, 0.1) is 12.8 Å². The molecule has 0 aliphatic carbocycles. The Hall–Kier alpha value is -4.75. The highest BCUT2D eigenvalue weighted by Crippen LogP contribution is 2.47. The zero-order chi connectivity index (χ0) is 26.2. The van der Waals surface area contributed by atoms with E-state index in [9.17, 15) is 14.4 Å². The van der Waals surface area contributed by atoms with Crippen molar-refractivity contribution in [3.63, 3.8) is 0 Å². The summed E-state index contributed by atoms with van der Waals surface area (Å²) in [6.07, 6.45) is -0.954. The summed E-state index contributed by atoms with van der Waals surface area (Å²) in [5.74, 6) is -1.53. The minimum Gasteiger partial charge on any atom is -0.423 e. The summed E-state index contributed by atoms with van der Waals surface area (Å²) >= 11 is 0. The molecule has 2 fully saturated rings. The lowest BCUT2D eigenvalue weighted by Crippen LogP contribution is -2.37. The fourth-order valence-electron chi connectivity index (χ4n) is 4.97. The number of carbonyl (C=O) groups excluding carboxylic acids is 3. The molecule has 2 amide bonds. The molecule has 4 aromatic rings. The van der Waals surface area contributed by atoms with Crippen LogP contribution in [0.2, 0.25) is 0 Å². The molecular weight excluding hydrogens is 480 g/mol. The van der Waals surface area contributed by atoms with Gasteiger partial charge in [-0.25, -0.2) is 14.8 Å². The smallest absolute Gasteiger partial charge is 0.343 e. The molecule has 0 saturated carbocycles. The number of ether oxygens (including phenoxy) is 1. The number of fused-ring (bicyclic) bond motifs is 1. The van der Waals surface area contributed by atoms with E-state index in [0.29, 0.717) is 17.0 Å². The third kappa shape index (κ3) is 4.13. The molecule has 2 aliphatic rings. The summed E-state index contributed by atoms with van der Waals surface area (Å²) in [7, 11) is 0. The zero-order valence-electron chi connectivity index (χ0n) is 20.6. The molecule has 2 aliphatic heterocycles. The third-order valence-corrected chi connectivity index (χ3v) is 6.86. The van der Waals surface area contributed by atoms with E-state index in [-0.39, 0.29) is 11.8 Å². The number of benzene rings is 4. The van der Waals surface area contributed by atoms with Gasteiger partial charge in [-0.1, -0.05) is 66.2 Å². The Morgan fingerprint density at radius 3 is 2.03 bits per heavy atom. The van der Waals surface area contributed by atoms with Crippen LogP contribution in [-0.2, 0) is 14.4 Å². The number of nitrogens with zero attached hydrogens (tertiary/aromatic N) is 2. The first-order valence-corrected chi connectivity index (χ1v) is 12.3. The Balaban J connectivity index is 1.32. The first-order chi connectivity index (χ1) is 18.5. The SMILES string of the molecule is Cc1ccc(N2C(=O)[C@H]3[C@H](ON(c4ccccc4)[C@@H]3c3ccc(OC(=O)c4ccccc4)cc3)C2=O)cc1. The van der Waals surface area contributed by atoms with Gasteiger partial charge in [0.2, 0.25) is 5.91 Å². The molecule has 0 N–H and O–H groups in total. The Labute approximate surface area is 219 Å². The second-order valence-corrected chi connectivity index (χ2v) is 9.33. The molecule has 2 saturated heterocycles. The second kappa shape index (κ2) is 9.61. The van der Waals surface area contributed by atoms with Crippen LogP contribution in [-0.4, -0.2) is 23.9 Å². The van der Waals surface area contributed by atoms with Gasteiger partial charge in [0.05, 0.1) is 23.0 Å². The lowest BCUT2D eigenvalue weighted by molar-refractivity contribution is -0.126. The highest BCUT2D eigenvalue weighted by Gasteiger charge is 2.60. The largest absolute Gasteiger partial charge is 0.423 e. The maximum absolute atomic E-state index is 13.7. The van der Waals surface area contributed by atoms with Crippen LogP contribution in [0.15, 0.2) is 109 Å². The van der Waals surface area contributed by atoms with E-state index in [2.05, 4.69) is 0 Å². The molecule has 6 rings (SSSR count). The lowest BCUT2D eigenvalue weighted by atomic mass is 9.90. The van der Waals surface area contributed by atoms with Crippen LogP contribution >= 0.6 is 0 Å². The van der Waals surface area contributed by atoms with Crippen LogP contribution in [0.25, 0.3) is 0 Å². The fourth-order valence-corrected chi connectivity index (χ4v) is 4.97. The molecule has 0 radical (unpaired) electrons. The van der Waals surface area contributed by atoms with Gasteiger partial charge in [0.1, 0.15) is 11.7 Å². The predicted molar refractivity (Wildman–Crippen MR) is 142 cm³/mol. The monoisotopic (exact) mass is 504 g/mol. The van der Waals surface area contributed by atoms with E-state index < -0.39 is 24.0 Å². The first-order valence-electron chi connectivity index (χ1n) is 12.3. The molecule has 7 heteroatoms. The molecule has 0 aromatic heterocycles. The number of para-hydroxylation sites is 1. The highest BCUT2D eigenvalue weighted by molar-refractivity contribution is 6.23. The Kier molecular flexibility index (Phi) is 5.98. The van der Waals surface area contributed by atoms with E-state index in [4.69, 9.17) is 9.57 Å². The Bertz CT molecular complexity index is 1490. The van der Waals surface area contributed by atoms with Crippen LogP contribution in [0.4, 0.5) is 11.4 Å². The fraction of sp³-hybridized carbons (Fsp3) is 0.129. The summed E-state index contributed by atoms with van der Waals surface area (Å²) < 4.78 is 5.53. The van der Waals surface area contributed by atoms with E-state index >= 15 is 0 Å². The summed E-state index contributed by atoms with van der Waals surface area (Å²) in [6.45, 7) is 1.95. The van der Waals surface area contributed by atoms with Gasteiger partial charge in [0, 0.05) is 0 Å². The molecule has 7 nitrogen and oxygen atoms in total. The summed E-state index contributed by atoms with van der Waals surface area (Å²) in [4.78, 5) is 47.1. The standard InChI is InChI=1S/C31H24N2O5/c1-20-12-16-23(17-13-20)32-29(34)26-27(33(38-28(26)30(32)35)24-10-6-3-7-11-24)21-14-18-25(19-15-21)37-31(36)22-8-4-2-5-9-22/h2-19,26-28H,1H3/t26-,27-,28+/m1/s1. The van der Waals surface area contributed by atoms with Gasteiger partial charge in [-0.15, -0.1) is 0 Å². The van der Waals surface area contributed by atoms with Crippen molar-refractivity contribution in [2.75, 3.05) is 9.96 Å². The van der Waals surface area contributed by atoms with Crippen LogP contribution < -0.4 is 14.7 Å². The van der Waals surface area contributed by atoms with Gasteiger partial charge < -0.3 is 4.74 Å². The maximum atomic E-state index is 13.7. The second-order valence-electron chi connectivity index (χ2n) is 9.33. The van der Waals surface area contributed by atoms with Crippen LogP contribution in [0.1, 0.15) is 27.5 Å². The first kappa shape index (κ1) is 23.6. The number of esters is 1. The minimum absolute atomic E-state index is 0.313. The molecule has 38 heavy (non-hydrogen) atoms. The molecule has 0 spiro atoms. The van der Waals surface area contributed by atoms with Gasteiger partial charge in [-0.05, 0) is 61.0 Å². The molecular formula is C31H24N2O5. The van der Waals surface area contributed by atoms with Crippen LogP contribution in [0.3, 0.4) is 0 Å². The van der Waals surface area contributed by atoms with Crippen molar-refractivity contribution >= 4 is 29.2 Å². The van der Waals surface area contributed by atoms with Gasteiger partial charge in [0.15, 0.2) is 6.10 Å². The number of hydrogen-bond acceptors (Lipinski definition) is 6. The number of amides is 2. The molecule has 0 unspecified atom stereocenters. The lowest BCUT2D eigenvalue weighted by Gasteiger charge is -2.28. The van der Waals surface area contributed by atoms with Crippen molar-refractivity contribution in [2.45, 2.75) is 19.1 Å². The number of hydroxylamine groups is 1. The normalized spacial score (nSPS) is 20.5. The summed E-state index contributed by atoms with van der Waals surface area (Å²) in [6, 6.07) is 31.8. The van der Waals surface area contributed by atoms with Crippen LogP contribution in [0.5, 0.6) is 5.75 Å². The van der Waals surface area contributed by atoms with E-state index in [1.807, 2.05) is 55.5 Å². The number of anilines is 2. The summed E-state index contributed by atoms with van der Waals surface area (Å²) in [5.41, 5.74) is 3.49. The third-order valence-electron chi connectivity index (χ3n) is 6.86. The van der Waals surface area contributed by atoms with Crippen molar-refractivity contribution in [1.82, 2.24) is 0 Å². The van der Waals surface area contributed by atoms with E-state index in [1.54, 1.807) is 65.7 Å². The molecule has 2 heterocycles. The van der Waals surface area contributed by atoms with Crippen molar-refractivity contribution in [3.05, 3.63) is 126 Å². The maximum Gasteiger partial charge on any atom is 0.343 e. The highest BCUT2D eigenvalue weighted by atomic mass is 16.7.